The first-order chi connectivity index (χ1) is 8.09. The monoisotopic (exact) mass is 233 g/mol. The first-order valence-electron chi connectivity index (χ1n) is 5.01. The van der Waals surface area contributed by atoms with E-state index in [1.807, 2.05) is 0 Å². The molecule has 0 bridgehead atoms. The fourth-order valence-electron chi connectivity index (χ4n) is 1.44. The van der Waals surface area contributed by atoms with Crippen LogP contribution in [0, 0.1) is 18.6 Å². The molecule has 17 heavy (non-hydrogen) atoms. The molecular weight excluding hydrogens is 224 g/mol. The van der Waals surface area contributed by atoms with Gasteiger partial charge in [0.2, 0.25) is 0 Å². The summed E-state index contributed by atoms with van der Waals surface area (Å²) in [6.45, 7) is 1.77. The first kappa shape index (κ1) is 11.4. The lowest BCUT2D eigenvalue weighted by atomic mass is 10.0. The summed E-state index contributed by atoms with van der Waals surface area (Å²) in [7, 11) is 0. The van der Waals surface area contributed by atoms with Crippen LogP contribution < -0.4 is 0 Å². The Kier molecular flexibility index (Phi) is 2.95. The molecule has 0 aliphatic heterocycles. The maximum atomic E-state index is 13.4. The number of ketones is 1. The summed E-state index contributed by atoms with van der Waals surface area (Å²) >= 11 is 0. The highest BCUT2D eigenvalue weighted by Crippen LogP contribution is 2.15. The molecule has 0 aliphatic rings. The van der Waals surface area contributed by atoms with Crippen molar-refractivity contribution >= 4 is 5.78 Å². The average molecular weight is 233 g/mol. The van der Waals surface area contributed by atoms with E-state index in [1.165, 1.54) is 24.4 Å². The molecule has 0 atom stereocenters. The molecule has 0 saturated carbocycles. The van der Waals surface area contributed by atoms with E-state index in [2.05, 4.69) is 4.98 Å². The molecule has 4 heteroatoms. The van der Waals surface area contributed by atoms with Crippen molar-refractivity contribution in [2.75, 3.05) is 0 Å². The van der Waals surface area contributed by atoms with E-state index in [0.717, 1.165) is 11.8 Å². The van der Waals surface area contributed by atoms with Gasteiger partial charge in [-0.2, -0.15) is 0 Å². The van der Waals surface area contributed by atoms with Crippen LogP contribution in [0.15, 0.2) is 36.5 Å². The number of hydrogen-bond donors (Lipinski definition) is 0. The van der Waals surface area contributed by atoms with E-state index in [9.17, 15) is 13.6 Å². The molecule has 0 fully saturated rings. The third-order valence-corrected chi connectivity index (χ3v) is 2.37. The minimum Gasteiger partial charge on any atom is -0.288 e. The summed E-state index contributed by atoms with van der Waals surface area (Å²) in [6.07, 6.45) is 1.35. The van der Waals surface area contributed by atoms with Crippen molar-refractivity contribution in [3.63, 3.8) is 0 Å². The van der Waals surface area contributed by atoms with Crippen LogP contribution in [0.5, 0.6) is 0 Å². The Balaban J connectivity index is 2.44. The Bertz CT molecular complexity index is 564. The predicted molar refractivity (Wildman–Crippen MR) is 58.8 cm³/mol. The number of halogens is 2. The van der Waals surface area contributed by atoms with Crippen LogP contribution in [0.3, 0.4) is 0 Å². The van der Waals surface area contributed by atoms with Gasteiger partial charge in [0.25, 0.3) is 0 Å². The first-order valence-corrected chi connectivity index (χ1v) is 5.01. The molecule has 0 unspecified atom stereocenters. The van der Waals surface area contributed by atoms with E-state index >= 15 is 0 Å². The van der Waals surface area contributed by atoms with Gasteiger partial charge in [-0.15, -0.1) is 0 Å². The van der Waals surface area contributed by atoms with Crippen molar-refractivity contribution < 1.29 is 13.6 Å². The second-order valence-corrected chi connectivity index (χ2v) is 3.62. The zero-order chi connectivity index (χ0) is 12.4. The van der Waals surface area contributed by atoms with Gasteiger partial charge < -0.3 is 0 Å². The van der Waals surface area contributed by atoms with Crippen molar-refractivity contribution in [1.29, 1.82) is 0 Å². The molecule has 2 nitrogen and oxygen atoms in total. The summed E-state index contributed by atoms with van der Waals surface area (Å²) in [5.41, 5.74) is 0.706. The Labute approximate surface area is 96.9 Å². The van der Waals surface area contributed by atoms with Gasteiger partial charge in [0.15, 0.2) is 17.4 Å². The Morgan fingerprint density at radius 2 is 1.94 bits per heavy atom. The van der Waals surface area contributed by atoms with Gasteiger partial charge in [0.05, 0.1) is 5.56 Å². The van der Waals surface area contributed by atoms with E-state index in [-0.39, 0.29) is 11.1 Å². The number of aromatic nitrogens is 1. The maximum absolute atomic E-state index is 13.4. The lowest BCUT2D eigenvalue weighted by Gasteiger charge is -2.03. The van der Waals surface area contributed by atoms with E-state index in [4.69, 9.17) is 0 Å². The molecule has 86 valence electrons. The zero-order valence-electron chi connectivity index (χ0n) is 9.08. The van der Waals surface area contributed by atoms with Crippen LogP contribution >= 0.6 is 0 Å². The maximum Gasteiger partial charge on any atom is 0.197 e. The number of pyridine rings is 1. The lowest BCUT2D eigenvalue weighted by Crippen LogP contribution is -2.06. The van der Waals surface area contributed by atoms with Crippen LogP contribution in [0.1, 0.15) is 21.6 Å². The number of aryl methyl sites for hydroxylation is 1. The van der Waals surface area contributed by atoms with Crippen molar-refractivity contribution in [2.45, 2.75) is 6.92 Å². The average Bonchev–Trinajstić information content (AvgIpc) is 2.33. The standard InChI is InChI=1S/C13H9F2NO/c1-8-5-6-9(7-16-8)13(17)10-3-2-4-11(14)12(10)15/h2-7H,1H3. The number of benzene rings is 1. The molecule has 0 saturated heterocycles. The predicted octanol–water partition coefficient (Wildman–Crippen LogP) is 2.90. The highest BCUT2D eigenvalue weighted by molar-refractivity contribution is 6.08. The highest BCUT2D eigenvalue weighted by Gasteiger charge is 2.16. The summed E-state index contributed by atoms with van der Waals surface area (Å²) in [6, 6.07) is 6.70. The molecule has 0 amide bonds. The largest absolute Gasteiger partial charge is 0.288 e. The van der Waals surface area contributed by atoms with E-state index in [1.54, 1.807) is 13.0 Å². The van der Waals surface area contributed by atoms with Crippen molar-refractivity contribution in [1.82, 2.24) is 4.98 Å². The van der Waals surface area contributed by atoms with Crippen molar-refractivity contribution in [3.05, 3.63) is 65.0 Å². The van der Waals surface area contributed by atoms with Crippen LogP contribution in [-0.2, 0) is 0 Å². The molecular formula is C13H9F2NO. The fourth-order valence-corrected chi connectivity index (χ4v) is 1.44. The van der Waals surface area contributed by atoms with Gasteiger partial charge in [0, 0.05) is 17.5 Å². The number of carbonyl (C=O) groups excluding carboxylic acids is 1. The highest BCUT2D eigenvalue weighted by atomic mass is 19.2. The Hall–Kier alpha value is -2.10. The molecule has 1 aromatic carbocycles. The zero-order valence-corrected chi connectivity index (χ0v) is 9.08. The smallest absolute Gasteiger partial charge is 0.197 e. The minimum atomic E-state index is -1.13. The summed E-state index contributed by atoms with van der Waals surface area (Å²) in [5, 5.41) is 0. The summed E-state index contributed by atoms with van der Waals surface area (Å²) < 4.78 is 26.4. The summed E-state index contributed by atoms with van der Waals surface area (Å²) in [5.74, 6) is -2.73. The van der Waals surface area contributed by atoms with Crippen LogP contribution in [0.2, 0.25) is 0 Å². The molecule has 0 spiro atoms. The van der Waals surface area contributed by atoms with Crippen LogP contribution in [-0.4, -0.2) is 10.8 Å². The number of nitrogens with zero attached hydrogens (tertiary/aromatic N) is 1. The Morgan fingerprint density at radius 1 is 1.18 bits per heavy atom. The minimum absolute atomic E-state index is 0.236. The van der Waals surface area contributed by atoms with Gasteiger partial charge >= 0.3 is 0 Å². The normalized spacial score (nSPS) is 10.3. The van der Waals surface area contributed by atoms with Gasteiger partial charge in [-0.05, 0) is 31.2 Å². The third kappa shape index (κ3) is 2.20. The number of carbonyl (C=O) groups is 1. The van der Waals surface area contributed by atoms with Gasteiger partial charge in [0.1, 0.15) is 0 Å². The quantitative estimate of drug-likeness (QED) is 0.746. The van der Waals surface area contributed by atoms with E-state index in [0.29, 0.717) is 0 Å². The molecule has 0 N–H and O–H groups in total. The third-order valence-electron chi connectivity index (χ3n) is 2.37. The van der Waals surface area contributed by atoms with Crippen molar-refractivity contribution in [3.8, 4) is 0 Å². The van der Waals surface area contributed by atoms with Crippen LogP contribution in [0.25, 0.3) is 0 Å². The van der Waals surface area contributed by atoms with Gasteiger partial charge in [-0.25, -0.2) is 8.78 Å². The number of rotatable bonds is 2. The summed E-state index contributed by atoms with van der Waals surface area (Å²) in [4.78, 5) is 15.8. The fraction of sp³-hybridized carbons (Fsp3) is 0.0769. The second-order valence-electron chi connectivity index (χ2n) is 3.62. The van der Waals surface area contributed by atoms with Gasteiger partial charge in [-0.1, -0.05) is 6.07 Å². The number of hydrogen-bond acceptors (Lipinski definition) is 2. The molecule has 2 rings (SSSR count). The second kappa shape index (κ2) is 4.41. The van der Waals surface area contributed by atoms with Crippen LogP contribution in [0.4, 0.5) is 8.78 Å². The molecule has 1 heterocycles. The molecule has 0 aliphatic carbocycles. The molecule has 0 radical (unpaired) electrons. The Morgan fingerprint density at radius 3 is 2.59 bits per heavy atom. The van der Waals surface area contributed by atoms with E-state index < -0.39 is 17.4 Å². The molecule has 1 aromatic heterocycles. The molecule has 2 aromatic rings. The SMILES string of the molecule is Cc1ccc(C(=O)c2cccc(F)c2F)cn1. The van der Waals surface area contributed by atoms with Gasteiger partial charge in [-0.3, -0.25) is 9.78 Å². The topological polar surface area (TPSA) is 30.0 Å². The lowest BCUT2D eigenvalue weighted by molar-refractivity contribution is 0.103. The van der Waals surface area contributed by atoms with Crippen molar-refractivity contribution in [2.24, 2.45) is 0 Å².